The normalized spacial score (nSPS) is 12.4. The molecule has 1 aromatic heterocycles. The molecule has 15 heavy (non-hydrogen) atoms. The molecular weight excluding hydrogens is 208 g/mol. The van der Waals surface area contributed by atoms with Crippen molar-refractivity contribution in [3.63, 3.8) is 0 Å². The zero-order valence-corrected chi connectivity index (χ0v) is 10.7. The second-order valence-corrected chi connectivity index (χ2v) is 5.62. The van der Waals surface area contributed by atoms with E-state index < -0.39 is 0 Å². The highest BCUT2D eigenvalue weighted by Crippen LogP contribution is 2.19. The standard InChI is InChI=1S/C11H20N2OS/c1-8(2)10-13-9(6-15-10)5-12-11(3,4)7-14/h6,8,12,14H,5,7H2,1-4H3. The van der Waals surface area contributed by atoms with Crippen molar-refractivity contribution in [1.82, 2.24) is 10.3 Å². The molecule has 0 aliphatic rings. The van der Waals surface area contributed by atoms with Gasteiger partial charge in [0.15, 0.2) is 0 Å². The van der Waals surface area contributed by atoms with Crippen LogP contribution in [0.1, 0.15) is 44.3 Å². The minimum Gasteiger partial charge on any atom is -0.394 e. The van der Waals surface area contributed by atoms with Crippen LogP contribution >= 0.6 is 11.3 Å². The van der Waals surface area contributed by atoms with Crippen molar-refractivity contribution in [3.8, 4) is 0 Å². The van der Waals surface area contributed by atoms with E-state index in [9.17, 15) is 0 Å². The molecule has 0 aromatic carbocycles. The van der Waals surface area contributed by atoms with Crippen molar-refractivity contribution in [1.29, 1.82) is 0 Å². The fourth-order valence-electron chi connectivity index (χ4n) is 1.05. The van der Waals surface area contributed by atoms with E-state index in [4.69, 9.17) is 5.11 Å². The molecule has 0 aliphatic heterocycles. The molecule has 86 valence electrons. The summed E-state index contributed by atoms with van der Waals surface area (Å²) >= 11 is 1.70. The molecule has 2 N–H and O–H groups in total. The molecule has 0 fully saturated rings. The third-order valence-corrected chi connectivity index (χ3v) is 3.40. The highest BCUT2D eigenvalue weighted by atomic mass is 32.1. The van der Waals surface area contributed by atoms with Crippen molar-refractivity contribution in [3.05, 3.63) is 16.1 Å². The van der Waals surface area contributed by atoms with Crippen LogP contribution in [0.25, 0.3) is 0 Å². The molecule has 0 atom stereocenters. The van der Waals surface area contributed by atoms with Gasteiger partial charge >= 0.3 is 0 Å². The van der Waals surface area contributed by atoms with E-state index >= 15 is 0 Å². The van der Waals surface area contributed by atoms with E-state index in [-0.39, 0.29) is 12.1 Å². The van der Waals surface area contributed by atoms with Crippen LogP contribution in [0.2, 0.25) is 0 Å². The Hall–Kier alpha value is -0.450. The summed E-state index contributed by atoms with van der Waals surface area (Å²) in [6.07, 6.45) is 0. The fourth-order valence-corrected chi connectivity index (χ4v) is 1.89. The van der Waals surface area contributed by atoms with Gasteiger partial charge in [-0.2, -0.15) is 0 Å². The molecule has 4 heteroatoms. The van der Waals surface area contributed by atoms with Crippen LogP contribution in [-0.2, 0) is 6.54 Å². The summed E-state index contributed by atoms with van der Waals surface area (Å²) in [6.45, 7) is 9.10. The Bertz CT molecular complexity index is 307. The number of hydrogen-bond acceptors (Lipinski definition) is 4. The van der Waals surface area contributed by atoms with Gasteiger partial charge in [0, 0.05) is 23.4 Å². The fraction of sp³-hybridized carbons (Fsp3) is 0.727. The second-order valence-electron chi connectivity index (χ2n) is 4.73. The first kappa shape index (κ1) is 12.6. The third-order valence-electron chi connectivity index (χ3n) is 2.21. The molecule has 3 nitrogen and oxygen atoms in total. The quantitative estimate of drug-likeness (QED) is 0.811. The summed E-state index contributed by atoms with van der Waals surface area (Å²) < 4.78 is 0. The molecular formula is C11H20N2OS. The summed E-state index contributed by atoms with van der Waals surface area (Å²) in [5.41, 5.74) is 0.826. The highest BCUT2D eigenvalue weighted by Gasteiger charge is 2.15. The van der Waals surface area contributed by atoms with Gasteiger partial charge in [0.05, 0.1) is 17.3 Å². The molecule has 0 saturated heterocycles. The molecule has 0 amide bonds. The average molecular weight is 228 g/mol. The van der Waals surface area contributed by atoms with Gasteiger partial charge in [0.25, 0.3) is 0 Å². The van der Waals surface area contributed by atoms with E-state index in [0.717, 1.165) is 12.2 Å². The van der Waals surface area contributed by atoms with Crippen LogP contribution in [-0.4, -0.2) is 22.2 Å². The van der Waals surface area contributed by atoms with Crippen molar-refractivity contribution in [2.45, 2.75) is 45.7 Å². The Morgan fingerprint density at radius 3 is 2.67 bits per heavy atom. The molecule has 1 rings (SSSR count). The Kier molecular flexibility index (Phi) is 4.25. The first-order valence-electron chi connectivity index (χ1n) is 5.25. The highest BCUT2D eigenvalue weighted by molar-refractivity contribution is 7.09. The van der Waals surface area contributed by atoms with Crippen molar-refractivity contribution in [2.75, 3.05) is 6.61 Å². The Balaban J connectivity index is 2.51. The number of aliphatic hydroxyl groups is 1. The first-order chi connectivity index (χ1) is 6.94. The van der Waals surface area contributed by atoms with Gasteiger partial charge in [-0.3, -0.25) is 0 Å². The minimum absolute atomic E-state index is 0.133. The van der Waals surface area contributed by atoms with Crippen LogP contribution in [0.15, 0.2) is 5.38 Å². The molecule has 0 saturated carbocycles. The van der Waals surface area contributed by atoms with Crippen molar-refractivity contribution in [2.24, 2.45) is 0 Å². The van der Waals surface area contributed by atoms with Crippen LogP contribution in [0, 0.1) is 0 Å². The number of nitrogens with one attached hydrogen (secondary N) is 1. The van der Waals surface area contributed by atoms with E-state index in [0.29, 0.717) is 5.92 Å². The number of aliphatic hydroxyl groups excluding tert-OH is 1. The average Bonchev–Trinajstić information content (AvgIpc) is 2.63. The lowest BCUT2D eigenvalue weighted by Crippen LogP contribution is -2.42. The molecule has 0 unspecified atom stereocenters. The Morgan fingerprint density at radius 2 is 2.20 bits per heavy atom. The largest absolute Gasteiger partial charge is 0.394 e. The predicted octanol–water partition coefficient (Wildman–Crippen LogP) is 2.13. The Labute approximate surface area is 95.6 Å². The lowest BCUT2D eigenvalue weighted by Gasteiger charge is -2.22. The summed E-state index contributed by atoms with van der Waals surface area (Å²) in [6, 6.07) is 0. The van der Waals surface area contributed by atoms with Gasteiger partial charge in [-0.25, -0.2) is 4.98 Å². The maximum absolute atomic E-state index is 9.09. The van der Waals surface area contributed by atoms with Gasteiger partial charge in [-0.1, -0.05) is 13.8 Å². The van der Waals surface area contributed by atoms with Gasteiger partial charge in [0.1, 0.15) is 0 Å². The molecule has 1 heterocycles. The summed E-state index contributed by atoms with van der Waals surface area (Å²) in [7, 11) is 0. The third kappa shape index (κ3) is 3.89. The number of rotatable bonds is 5. The SMILES string of the molecule is CC(C)c1nc(CNC(C)(C)CO)cs1. The Morgan fingerprint density at radius 1 is 1.53 bits per heavy atom. The smallest absolute Gasteiger partial charge is 0.0954 e. The molecule has 0 aliphatic carbocycles. The minimum atomic E-state index is -0.235. The topological polar surface area (TPSA) is 45.2 Å². The predicted molar refractivity (Wildman–Crippen MR) is 64.2 cm³/mol. The number of nitrogens with zero attached hydrogens (tertiary/aromatic N) is 1. The monoisotopic (exact) mass is 228 g/mol. The van der Waals surface area contributed by atoms with Crippen molar-refractivity contribution < 1.29 is 5.11 Å². The zero-order valence-electron chi connectivity index (χ0n) is 9.87. The molecule has 0 radical (unpaired) electrons. The number of aromatic nitrogens is 1. The summed E-state index contributed by atoms with van der Waals surface area (Å²) in [5.74, 6) is 0.495. The van der Waals surface area contributed by atoms with Crippen LogP contribution in [0.4, 0.5) is 0 Å². The van der Waals surface area contributed by atoms with Crippen molar-refractivity contribution >= 4 is 11.3 Å². The van der Waals surface area contributed by atoms with E-state index in [1.54, 1.807) is 11.3 Å². The maximum atomic E-state index is 9.09. The summed E-state index contributed by atoms with van der Waals surface area (Å²) in [4.78, 5) is 4.52. The number of thiazole rings is 1. The summed E-state index contributed by atoms with van der Waals surface area (Å²) in [5, 5.41) is 15.6. The number of hydrogen-bond donors (Lipinski definition) is 2. The van der Waals surface area contributed by atoms with Gasteiger partial charge in [-0.05, 0) is 13.8 Å². The molecule has 0 spiro atoms. The lowest BCUT2D eigenvalue weighted by atomic mass is 10.1. The first-order valence-corrected chi connectivity index (χ1v) is 6.13. The van der Waals surface area contributed by atoms with Gasteiger partial charge in [-0.15, -0.1) is 11.3 Å². The van der Waals surface area contributed by atoms with Gasteiger partial charge < -0.3 is 10.4 Å². The van der Waals surface area contributed by atoms with E-state index in [1.165, 1.54) is 5.01 Å². The second kappa shape index (κ2) is 5.05. The molecule has 0 bridgehead atoms. The van der Waals surface area contributed by atoms with Gasteiger partial charge in [0.2, 0.25) is 0 Å². The molecule has 1 aromatic rings. The van der Waals surface area contributed by atoms with E-state index in [2.05, 4.69) is 29.5 Å². The van der Waals surface area contributed by atoms with E-state index in [1.807, 2.05) is 13.8 Å². The maximum Gasteiger partial charge on any atom is 0.0954 e. The zero-order chi connectivity index (χ0) is 11.5. The van der Waals surface area contributed by atoms with Crippen LogP contribution in [0.3, 0.4) is 0 Å². The van der Waals surface area contributed by atoms with Crippen LogP contribution in [0.5, 0.6) is 0 Å². The lowest BCUT2D eigenvalue weighted by molar-refractivity contribution is 0.187. The van der Waals surface area contributed by atoms with Crippen LogP contribution < -0.4 is 5.32 Å².